The van der Waals surface area contributed by atoms with Gasteiger partial charge in [-0.3, -0.25) is 9.79 Å². The number of halogens is 4. The third-order valence-electron chi connectivity index (χ3n) is 5.30. The fourth-order valence-electron chi connectivity index (χ4n) is 3.52. The first-order valence-electron chi connectivity index (χ1n) is 10.2. The van der Waals surface area contributed by atoms with Crippen molar-refractivity contribution in [3.05, 3.63) is 89.3 Å². The molecule has 2 aromatic carbocycles. The van der Waals surface area contributed by atoms with Crippen molar-refractivity contribution < 1.29 is 27.5 Å². The Labute approximate surface area is 191 Å². The average Bonchev–Trinajstić information content (AvgIpc) is 3.51. The van der Waals surface area contributed by atoms with Gasteiger partial charge in [0, 0.05) is 5.56 Å². The molecule has 7 nitrogen and oxygen atoms in total. The number of hydrogen-bond acceptors (Lipinski definition) is 5. The second-order valence-corrected chi connectivity index (χ2v) is 7.57. The summed E-state index contributed by atoms with van der Waals surface area (Å²) >= 11 is 0. The van der Waals surface area contributed by atoms with Gasteiger partial charge in [0.05, 0.1) is 36.8 Å². The van der Waals surface area contributed by atoms with Gasteiger partial charge < -0.3 is 10.4 Å². The highest BCUT2D eigenvalue weighted by atomic mass is 19.3. The number of amides is 1. The Balaban J connectivity index is 1.63. The van der Waals surface area contributed by atoms with Gasteiger partial charge in [-0.15, -0.1) is 0 Å². The Morgan fingerprint density at radius 3 is 2.50 bits per heavy atom. The van der Waals surface area contributed by atoms with Crippen LogP contribution in [0.2, 0.25) is 0 Å². The number of aromatic nitrogens is 3. The van der Waals surface area contributed by atoms with Gasteiger partial charge in [-0.2, -0.15) is 15.0 Å². The SMILES string of the molecule is O=C(N[C@H](Cn1nccn1)C(F)(F)CO)c1cccc(F)c1C1=NCC(c2ccc(F)cc2)=C1. The molecular weight excluding hydrogens is 454 g/mol. The van der Waals surface area contributed by atoms with Gasteiger partial charge >= 0.3 is 0 Å². The second-order valence-electron chi connectivity index (χ2n) is 7.57. The summed E-state index contributed by atoms with van der Waals surface area (Å²) in [4.78, 5) is 18.2. The quantitative estimate of drug-likeness (QED) is 0.492. The number of aliphatic imine (C=N–C) groups is 1. The fourth-order valence-corrected chi connectivity index (χ4v) is 3.52. The van der Waals surface area contributed by atoms with E-state index in [0.29, 0.717) is 11.1 Å². The molecular formula is C23H19F4N5O2. The second kappa shape index (κ2) is 9.56. The standard InChI is InChI=1S/C23H19F4N5O2/c24-16-6-4-14(5-7-16)15-10-19(28-11-15)21-17(2-1-3-18(21)25)22(34)31-20(23(26,27)13-33)12-32-29-8-9-30-32/h1-10,20,33H,11-13H2,(H,31,34)/t20-/m1/s1. The van der Waals surface area contributed by atoms with Crippen molar-refractivity contribution in [3.8, 4) is 0 Å². The van der Waals surface area contributed by atoms with Gasteiger partial charge in [-0.1, -0.05) is 18.2 Å². The lowest BCUT2D eigenvalue weighted by Gasteiger charge is -2.26. The maximum atomic E-state index is 14.8. The molecule has 0 aliphatic carbocycles. The molecule has 0 unspecified atom stereocenters. The predicted molar refractivity (Wildman–Crippen MR) is 115 cm³/mol. The predicted octanol–water partition coefficient (Wildman–Crippen LogP) is 2.87. The van der Waals surface area contributed by atoms with E-state index in [1.807, 2.05) is 0 Å². The zero-order valence-corrected chi connectivity index (χ0v) is 17.6. The van der Waals surface area contributed by atoms with E-state index in [4.69, 9.17) is 5.11 Å². The van der Waals surface area contributed by atoms with E-state index in [2.05, 4.69) is 20.5 Å². The monoisotopic (exact) mass is 473 g/mol. The molecule has 0 spiro atoms. The van der Waals surface area contributed by atoms with Crippen LogP contribution < -0.4 is 5.32 Å². The molecule has 1 amide bonds. The topological polar surface area (TPSA) is 92.4 Å². The van der Waals surface area contributed by atoms with Gasteiger partial charge in [-0.05, 0) is 41.5 Å². The normalized spacial score (nSPS) is 14.5. The maximum absolute atomic E-state index is 14.8. The Kier molecular flexibility index (Phi) is 6.55. The molecule has 1 aromatic heterocycles. The van der Waals surface area contributed by atoms with E-state index in [1.165, 1.54) is 36.7 Å². The molecule has 34 heavy (non-hydrogen) atoms. The van der Waals surface area contributed by atoms with Gasteiger partial charge in [0.2, 0.25) is 0 Å². The van der Waals surface area contributed by atoms with Gasteiger partial charge in [0.15, 0.2) is 0 Å². The Hall–Kier alpha value is -3.86. The lowest BCUT2D eigenvalue weighted by Crippen LogP contribution is -2.52. The molecule has 1 atom stereocenters. The number of hydrogen-bond donors (Lipinski definition) is 2. The molecule has 0 saturated carbocycles. The number of aliphatic hydroxyl groups excluding tert-OH is 1. The molecule has 176 valence electrons. The summed E-state index contributed by atoms with van der Waals surface area (Å²) in [6, 6.07) is 7.51. The first-order chi connectivity index (χ1) is 16.3. The zero-order valence-electron chi connectivity index (χ0n) is 17.6. The summed E-state index contributed by atoms with van der Waals surface area (Å²) in [7, 11) is 0. The molecule has 1 aliphatic rings. The van der Waals surface area contributed by atoms with Crippen LogP contribution in [-0.4, -0.2) is 56.8 Å². The third-order valence-corrected chi connectivity index (χ3v) is 5.30. The molecule has 4 rings (SSSR count). The van der Waals surface area contributed by atoms with Crippen LogP contribution in [0.1, 0.15) is 21.5 Å². The minimum Gasteiger partial charge on any atom is -0.390 e. The molecule has 11 heteroatoms. The van der Waals surface area contributed by atoms with Crippen molar-refractivity contribution in [2.24, 2.45) is 4.99 Å². The van der Waals surface area contributed by atoms with Gasteiger partial charge in [0.25, 0.3) is 11.8 Å². The number of carbonyl (C=O) groups is 1. The van der Waals surface area contributed by atoms with E-state index in [0.717, 1.165) is 10.9 Å². The largest absolute Gasteiger partial charge is 0.390 e. The van der Waals surface area contributed by atoms with E-state index in [-0.39, 0.29) is 23.4 Å². The third kappa shape index (κ3) is 4.88. The van der Waals surface area contributed by atoms with Crippen LogP contribution in [0, 0.1) is 11.6 Å². The molecule has 1 aliphatic heterocycles. The van der Waals surface area contributed by atoms with E-state index in [9.17, 15) is 22.4 Å². The molecule has 3 aromatic rings. The van der Waals surface area contributed by atoms with Crippen LogP contribution in [-0.2, 0) is 6.54 Å². The highest BCUT2D eigenvalue weighted by Gasteiger charge is 2.41. The van der Waals surface area contributed by atoms with Crippen LogP contribution in [0.25, 0.3) is 5.57 Å². The van der Waals surface area contributed by atoms with Crippen LogP contribution >= 0.6 is 0 Å². The van der Waals surface area contributed by atoms with Crippen molar-refractivity contribution in [2.75, 3.05) is 13.2 Å². The van der Waals surface area contributed by atoms with Crippen molar-refractivity contribution in [2.45, 2.75) is 18.5 Å². The van der Waals surface area contributed by atoms with Gasteiger partial charge in [0.1, 0.15) is 24.3 Å². The number of carbonyl (C=O) groups excluding carboxylic acids is 1. The fraction of sp³-hybridized carbons (Fsp3) is 0.217. The van der Waals surface area contributed by atoms with Crippen LogP contribution in [0.15, 0.2) is 65.9 Å². The van der Waals surface area contributed by atoms with Crippen LogP contribution in [0.4, 0.5) is 17.6 Å². The summed E-state index contributed by atoms with van der Waals surface area (Å²) in [6.07, 6.45) is 4.13. The van der Waals surface area contributed by atoms with Crippen molar-refractivity contribution in [3.63, 3.8) is 0 Å². The highest BCUT2D eigenvalue weighted by molar-refractivity contribution is 6.19. The summed E-state index contributed by atoms with van der Waals surface area (Å²) in [5.41, 5.74) is 1.15. The van der Waals surface area contributed by atoms with Crippen molar-refractivity contribution >= 4 is 17.2 Å². The molecule has 0 bridgehead atoms. The van der Waals surface area contributed by atoms with Crippen LogP contribution in [0.3, 0.4) is 0 Å². The first kappa shape index (κ1) is 23.3. The van der Waals surface area contributed by atoms with E-state index >= 15 is 0 Å². The summed E-state index contributed by atoms with van der Waals surface area (Å²) in [5, 5.41) is 18.8. The number of nitrogens with zero attached hydrogens (tertiary/aromatic N) is 4. The minimum atomic E-state index is -3.70. The average molecular weight is 473 g/mol. The number of nitrogens with one attached hydrogen (secondary N) is 1. The Bertz CT molecular complexity index is 1240. The first-order valence-corrected chi connectivity index (χ1v) is 10.2. The Morgan fingerprint density at radius 1 is 1.12 bits per heavy atom. The van der Waals surface area contributed by atoms with Crippen molar-refractivity contribution in [1.82, 2.24) is 20.3 Å². The number of allylic oxidation sites excluding steroid dienone is 1. The van der Waals surface area contributed by atoms with Crippen LogP contribution in [0.5, 0.6) is 0 Å². The number of rotatable bonds is 8. The lowest BCUT2D eigenvalue weighted by atomic mass is 9.99. The Morgan fingerprint density at radius 2 is 1.82 bits per heavy atom. The molecule has 0 fully saturated rings. The maximum Gasteiger partial charge on any atom is 0.292 e. The number of aliphatic hydroxyl groups is 1. The number of benzene rings is 2. The molecule has 0 radical (unpaired) electrons. The van der Waals surface area contributed by atoms with Crippen molar-refractivity contribution in [1.29, 1.82) is 0 Å². The minimum absolute atomic E-state index is 0.152. The van der Waals surface area contributed by atoms with Gasteiger partial charge in [-0.25, -0.2) is 17.6 Å². The summed E-state index contributed by atoms with van der Waals surface area (Å²) in [5.74, 6) is -5.85. The molecule has 2 heterocycles. The smallest absolute Gasteiger partial charge is 0.292 e. The highest BCUT2D eigenvalue weighted by Crippen LogP contribution is 2.26. The van der Waals surface area contributed by atoms with E-state index in [1.54, 1.807) is 18.2 Å². The number of alkyl halides is 2. The zero-order chi connectivity index (χ0) is 24.3. The lowest BCUT2D eigenvalue weighted by molar-refractivity contribution is -0.0823. The molecule has 0 saturated heterocycles. The summed E-state index contributed by atoms with van der Waals surface area (Å²) in [6.45, 7) is -1.87. The molecule has 2 N–H and O–H groups in total. The van der Waals surface area contributed by atoms with E-state index < -0.39 is 42.7 Å². The summed E-state index contributed by atoms with van der Waals surface area (Å²) < 4.78 is 56.8.